The van der Waals surface area contributed by atoms with Crippen LogP contribution in [0.2, 0.25) is 0 Å². The molecule has 136 valence electrons. The number of amides is 4. The number of fused-ring (bicyclic) bond motifs is 1. The number of piperidine rings is 2. The second-order valence-electron chi connectivity index (χ2n) is 6.86. The zero-order chi connectivity index (χ0) is 18.4. The van der Waals surface area contributed by atoms with Crippen LogP contribution in [0.5, 0.6) is 0 Å². The Bertz CT molecular complexity index is 825. The zero-order valence-corrected chi connectivity index (χ0v) is 14.0. The summed E-state index contributed by atoms with van der Waals surface area (Å²) in [6.45, 7) is 0.954. The van der Waals surface area contributed by atoms with Gasteiger partial charge in [-0.25, -0.2) is 4.39 Å². The van der Waals surface area contributed by atoms with E-state index in [1.807, 2.05) is 4.90 Å². The summed E-state index contributed by atoms with van der Waals surface area (Å²) in [6.07, 6.45) is 0.559. The van der Waals surface area contributed by atoms with Crippen LogP contribution in [-0.2, 0) is 9.59 Å². The third kappa shape index (κ3) is 2.65. The number of imide groups is 2. The molecule has 0 saturated carbocycles. The van der Waals surface area contributed by atoms with Crippen molar-refractivity contribution < 1.29 is 23.6 Å². The molecule has 0 bridgehead atoms. The normalized spacial score (nSPS) is 26.2. The Morgan fingerprint density at radius 1 is 1.04 bits per heavy atom. The van der Waals surface area contributed by atoms with Gasteiger partial charge in [0.25, 0.3) is 11.8 Å². The van der Waals surface area contributed by atoms with E-state index in [2.05, 4.69) is 5.32 Å². The van der Waals surface area contributed by atoms with Crippen molar-refractivity contribution in [1.82, 2.24) is 10.2 Å². The molecule has 3 aliphatic heterocycles. The number of rotatable bonds is 2. The number of anilines is 1. The minimum absolute atomic E-state index is 0.0841. The van der Waals surface area contributed by atoms with Gasteiger partial charge >= 0.3 is 0 Å². The molecule has 3 heterocycles. The van der Waals surface area contributed by atoms with E-state index in [-0.39, 0.29) is 30.5 Å². The van der Waals surface area contributed by atoms with E-state index in [1.165, 1.54) is 0 Å². The molecule has 4 amide bonds. The molecule has 0 aromatic heterocycles. The van der Waals surface area contributed by atoms with Crippen LogP contribution in [-0.4, -0.2) is 53.8 Å². The molecule has 0 spiro atoms. The molecule has 2 unspecified atom stereocenters. The molecule has 1 aromatic rings. The molecule has 3 aliphatic rings. The number of hydrogen-bond acceptors (Lipinski definition) is 5. The van der Waals surface area contributed by atoms with Crippen LogP contribution in [0.15, 0.2) is 18.2 Å². The fourth-order valence-electron chi connectivity index (χ4n) is 3.82. The van der Waals surface area contributed by atoms with Crippen molar-refractivity contribution >= 4 is 29.3 Å². The average molecular weight is 359 g/mol. The van der Waals surface area contributed by atoms with E-state index in [1.54, 1.807) is 18.2 Å². The minimum Gasteiger partial charge on any atom is -0.369 e. The van der Waals surface area contributed by atoms with Gasteiger partial charge in [-0.05, 0) is 37.5 Å². The maximum atomic E-state index is 13.7. The SMILES string of the molecule is O=C1CCC(N2C(=O)c3ccc(N4CCCC(F)C4)cc3C2=O)C(=O)N1. The van der Waals surface area contributed by atoms with Gasteiger partial charge in [-0.15, -0.1) is 0 Å². The van der Waals surface area contributed by atoms with Gasteiger partial charge in [-0.2, -0.15) is 0 Å². The highest BCUT2D eigenvalue weighted by atomic mass is 19.1. The molecule has 8 heteroatoms. The van der Waals surface area contributed by atoms with Crippen molar-refractivity contribution in [3.8, 4) is 0 Å². The predicted molar refractivity (Wildman–Crippen MR) is 89.5 cm³/mol. The molecule has 2 saturated heterocycles. The van der Waals surface area contributed by atoms with Gasteiger partial charge in [0.1, 0.15) is 12.2 Å². The first-order valence-electron chi connectivity index (χ1n) is 8.70. The third-order valence-corrected chi connectivity index (χ3v) is 5.15. The van der Waals surface area contributed by atoms with Crippen LogP contribution in [0.25, 0.3) is 0 Å². The van der Waals surface area contributed by atoms with E-state index >= 15 is 0 Å². The van der Waals surface area contributed by atoms with Gasteiger partial charge in [0.2, 0.25) is 11.8 Å². The van der Waals surface area contributed by atoms with Crippen molar-refractivity contribution in [3.63, 3.8) is 0 Å². The zero-order valence-electron chi connectivity index (χ0n) is 14.0. The lowest BCUT2D eigenvalue weighted by molar-refractivity contribution is -0.136. The molecule has 1 aromatic carbocycles. The molecule has 26 heavy (non-hydrogen) atoms. The predicted octanol–water partition coefficient (Wildman–Crippen LogP) is 1.03. The van der Waals surface area contributed by atoms with Gasteiger partial charge in [0, 0.05) is 25.2 Å². The Labute approximate surface area is 149 Å². The summed E-state index contributed by atoms with van der Waals surface area (Å²) in [5.41, 5.74) is 1.15. The van der Waals surface area contributed by atoms with Crippen molar-refractivity contribution in [1.29, 1.82) is 0 Å². The summed E-state index contributed by atoms with van der Waals surface area (Å²) in [6, 6.07) is 3.88. The molecule has 1 N–H and O–H groups in total. The van der Waals surface area contributed by atoms with Gasteiger partial charge in [-0.1, -0.05) is 0 Å². The van der Waals surface area contributed by atoms with E-state index in [0.717, 1.165) is 11.3 Å². The number of halogens is 1. The molecule has 2 fully saturated rings. The largest absolute Gasteiger partial charge is 0.369 e. The van der Waals surface area contributed by atoms with Gasteiger partial charge in [0.05, 0.1) is 11.1 Å². The van der Waals surface area contributed by atoms with Crippen molar-refractivity contribution in [3.05, 3.63) is 29.3 Å². The number of nitrogens with one attached hydrogen (secondary N) is 1. The Kier molecular flexibility index (Phi) is 3.97. The number of nitrogens with zero attached hydrogens (tertiary/aromatic N) is 2. The van der Waals surface area contributed by atoms with Gasteiger partial charge < -0.3 is 4.90 Å². The fourth-order valence-corrected chi connectivity index (χ4v) is 3.82. The quantitative estimate of drug-likeness (QED) is 0.797. The van der Waals surface area contributed by atoms with Crippen LogP contribution in [0.4, 0.5) is 10.1 Å². The topological polar surface area (TPSA) is 86.8 Å². The highest BCUT2D eigenvalue weighted by Crippen LogP contribution is 2.31. The first kappa shape index (κ1) is 16.7. The van der Waals surface area contributed by atoms with E-state index < -0.39 is 35.8 Å². The first-order chi connectivity index (χ1) is 12.5. The molecular formula is C18H18FN3O4. The first-order valence-corrected chi connectivity index (χ1v) is 8.70. The van der Waals surface area contributed by atoms with Crippen LogP contribution in [0.3, 0.4) is 0 Å². The van der Waals surface area contributed by atoms with Crippen LogP contribution in [0, 0.1) is 0 Å². The average Bonchev–Trinajstić information content (AvgIpc) is 2.86. The van der Waals surface area contributed by atoms with Crippen LogP contribution in [0.1, 0.15) is 46.4 Å². The van der Waals surface area contributed by atoms with Crippen molar-refractivity contribution in [2.75, 3.05) is 18.0 Å². The maximum Gasteiger partial charge on any atom is 0.262 e. The monoisotopic (exact) mass is 359 g/mol. The molecule has 4 rings (SSSR count). The smallest absolute Gasteiger partial charge is 0.262 e. The Hall–Kier alpha value is -2.77. The number of hydrogen-bond donors (Lipinski definition) is 1. The molecule has 0 radical (unpaired) electrons. The Morgan fingerprint density at radius 2 is 1.81 bits per heavy atom. The van der Waals surface area contributed by atoms with Crippen LogP contribution < -0.4 is 10.2 Å². The molecule has 0 aliphatic carbocycles. The Balaban J connectivity index is 1.62. The van der Waals surface area contributed by atoms with Gasteiger partial charge in [0.15, 0.2) is 0 Å². The van der Waals surface area contributed by atoms with E-state index in [9.17, 15) is 23.6 Å². The summed E-state index contributed by atoms with van der Waals surface area (Å²) < 4.78 is 13.7. The summed E-state index contributed by atoms with van der Waals surface area (Å²) in [7, 11) is 0. The van der Waals surface area contributed by atoms with Gasteiger partial charge in [-0.3, -0.25) is 29.4 Å². The Morgan fingerprint density at radius 3 is 2.54 bits per heavy atom. The van der Waals surface area contributed by atoms with Crippen molar-refractivity contribution in [2.45, 2.75) is 37.9 Å². The number of benzene rings is 1. The fraction of sp³-hybridized carbons (Fsp3) is 0.444. The molecule has 2 atom stereocenters. The lowest BCUT2D eigenvalue weighted by atomic mass is 10.0. The summed E-state index contributed by atoms with van der Waals surface area (Å²) >= 11 is 0. The number of carbonyl (C=O) groups excluding carboxylic acids is 4. The molecule has 7 nitrogen and oxygen atoms in total. The second kappa shape index (κ2) is 6.19. The number of carbonyl (C=O) groups is 4. The summed E-state index contributed by atoms with van der Waals surface area (Å²) in [5, 5.41) is 2.17. The highest BCUT2D eigenvalue weighted by molar-refractivity contribution is 6.23. The summed E-state index contributed by atoms with van der Waals surface area (Å²) in [5.74, 6) is -2.12. The summed E-state index contributed by atoms with van der Waals surface area (Å²) in [4.78, 5) is 51.6. The highest BCUT2D eigenvalue weighted by Gasteiger charge is 2.44. The maximum absolute atomic E-state index is 13.7. The van der Waals surface area contributed by atoms with Crippen molar-refractivity contribution in [2.24, 2.45) is 0 Å². The molecular weight excluding hydrogens is 341 g/mol. The third-order valence-electron chi connectivity index (χ3n) is 5.15. The van der Waals surface area contributed by atoms with E-state index in [0.29, 0.717) is 18.7 Å². The van der Waals surface area contributed by atoms with E-state index in [4.69, 9.17) is 0 Å². The van der Waals surface area contributed by atoms with Crippen LogP contribution >= 0.6 is 0 Å². The number of alkyl halides is 1. The minimum atomic E-state index is -0.978. The lowest BCUT2D eigenvalue weighted by Crippen LogP contribution is -2.54. The standard InChI is InChI=1S/C18H18FN3O4/c19-10-2-1-7-21(9-10)11-3-4-12-13(8-11)18(26)22(17(12)25)14-5-6-15(23)20-16(14)24/h3-4,8,10,14H,1-2,5-7,9H2,(H,20,23,24). The second-order valence-corrected chi connectivity index (χ2v) is 6.86. The lowest BCUT2D eigenvalue weighted by Gasteiger charge is -2.31.